The van der Waals surface area contributed by atoms with Crippen molar-refractivity contribution in [3.63, 3.8) is 0 Å². The quantitative estimate of drug-likeness (QED) is 0.812. The first-order valence-electron chi connectivity index (χ1n) is 6.62. The highest BCUT2D eigenvalue weighted by Crippen LogP contribution is 2.29. The number of ether oxygens (including phenoxy) is 1. The molecule has 0 fully saturated rings. The fraction of sp³-hybridized carbons (Fsp3) is 0.200. The third-order valence-electron chi connectivity index (χ3n) is 3.19. The Kier molecular flexibility index (Phi) is 5.11. The highest BCUT2D eigenvalue weighted by atomic mass is 35.5. The van der Waals surface area contributed by atoms with E-state index in [0.29, 0.717) is 0 Å². The molecule has 4 nitrogen and oxygen atoms in total. The molecule has 8 heteroatoms. The molecule has 0 saturated carbocycles. The van der Waals surface area contributed by atoms with E-state index in [9.17, 15) is 17.2 Å². The minimum absolute atomic E-state index is 0.0585. The van der Waals surface area contributed by atoms with Crippen LogP contribution in [-0.2, 0) is 10.0 Å². The third kappa shape index (κ3) is 3.40. The molecule has 2 aromatic rings. The topological polar surface area (TPSA) is 46.6 Å². The van der Waals surface area contributed by atoms with E-state index < -0.39 is 21.7 Å². The normalized spacial score (nSPS) is 11.3. The lowest BCUT2D eigenvalue weighted by molar-refractivity contribution is 0.385. The average molecular weight is 362 g/mol. The zero-order valence-electron chi connectivity index (χ0n) is 12.4. The van der Waals surface area contributed by atoms with Gasteiger partial charge in [-0.2, -0.15) is 0 Å². The van der Waals surface area contributed by atoms with Gasteiger partial charge in [0.15, 0.2) is 11.6 Å². The molecule has 0 aliphatic rings. The van der Waals surface area contributed by atoms with E-state index >= 15 is 0 Å². The van der Waals surface area contributed by atoms with E-state index in [-0.39, 0.29) is 27.9 Å². The summed E-state index contributed by atoms with van der Waals surface area (Å²) in [5.74, 6) is -1.50. The van der Waals surface area contributed by atoms with E-state index in [4.69, 9.17) is 16.3 Å². The van der Waals surface area contributed by atoms with Gasteiger partial charge < -0.3 is 4.74 Å². The molecule has 0 atom stereocenters. The zero-order chi connectivity index (χ0) is 17.2. The number of nitrogens with zero attached hydrogens (tertiary/aromatic N) is 1. The Morgan fingerprint density at radius 1 is 1.13 bits per heavy atom. The van der Waals surface area contributed by atoms with Gasteiger partial charge in [0.05, 0.1) is 22.7 Å². The molecule has 0 amide bonds. The Labute approximate surface area is 138 Å². The maximum Gasteiger partial charge on any atom is 0.264 e. The summed E-state index contributed by atoms with van der Waals surface area (Å²) in [6, 6.07) is 6.92. The fourth-order valence-corrected chi connectivity index (χ4v) is 3.72. The fourth-order valence-electron chi connectivity index (χ4n) is 2.07. The molecule has 0 aliphatic heterocycles. The van der Waals surface area contributed by atoms with E-state index in [1.165, 1.54) is 31.4 Å². The molecule has 23 heavy (non-hydrogen) atoms. The number of halogens is 3. The summed E-state index contributed by atoms with van der Waals surface area (Å²) in [5.41, 5.74) is 0.190. The molecule has 2 aromatic carbocycles. The predicted molar refractivity (Wildman–Crippen MR) is 84.6 cm³/mol. The molecule has 0 aliphatic carbocycles. The van der Waals surface area contributed by atoms with Gasteiger partial charge in [-0.05, 0) is 43.3 Å². The van der Waals surface area contributed by atoms with Crippen molar-refractivity contribution in [1.29, 1.82) is 0 Å². The van der Waals surface area contributed by atoms with Gasteiger partial charge in [0.2, 0.25) is 0 Å². The molecule has 0 radical (unpaired) electrons. The second-order valence-corrected chi connectivity index (χ2v) is 6.83. The van der Waals surface area contributed by atoms with Gasteiger partial charge >= 0.3 is 0 Å². The van der Waals surface area contributed by atoms with Gasteiger partial charge in [0, 0.05) is 6.54 Å². The minimum atomic E-state index is -4.02. The summed E-state index contributed by atoms with van der Waals surface area (Å²) in [7, 11) is -2.74. The van der Waals surface area contributed by atoms with Crippen LogP contribution in [0, 0.1) is 11.6 Å². The molecular formula is C15H14ClF2NO3S. The molecule has 0 bridgehead atoms. The van der Waals surface area contributed by atoms with Crippen LogP contribution in [0.5, 0.6) is 5.75 Å². The average Bonchev–Trinajstić information content (AvgIpc) is 2.51. The first-order chi connectivity index (χ1) is 10.8. The number of benzene rings is 2. The lowest BCUT2D eigenvalue weighted by Gasteiger charge is -2.23. The highest BCUT2D eigenvalue weighted by molar-refractivity contribution is 7.92. The standard InChI is InChI=1S/C15H14ClF2NO3S/c1-3-19(10-4-6-13(17)12(16)8-10)23(20,21)11-5-7-15(22-2)14(18)9-11/h4-9H,3H2,1-2H3. The summed E-state index contributed by atoms with van der Waals surface area (Å²) in [4.78, 5) is -0.238. The van der Waals surface area contributed by atoms with Crippen LogP contribution in [0.2, 0.25) is 5.02 Å². The van der Waals surface area contributed by atoms with Gasteiger partial charge in [-0.3, -0.25) is 4.31 Å². The number of rotatable bonds is 5. The van der Waals surface area contributed by atoms with Gasteiger partial charge in [-0.1, -0.05) is 11.6 Å². The summed E-state index contributed by atoms with van der Waals surface area (Å²) in [6.45, 7) is 1.67. The third-order valence-corrected chi connectivity index (χ3v) is 5.38. The van der Waals surface area contributed by atoms with Gasteiger partial charge in [-0.25, -0.2) is 17.2 Å². The Bertz CT molecular complexity index is 827. The van der Waals surface area contributed by atoms with E-state index in [2.05, 4.69) is 0 Å². The smallest absolute Gasteiger partial charge is 0.264 e. The second-order valence-electron chi connectivity index (χ2n) is 4.56. The summed E-state index contributed by atoms with van der Waals surface area (Å²) >= 11 is 5.70. The molecule has 0 unspecified atom stereocenters. The molecule has 0 N–H and O–H groups in total. The Balaban J connectivity index is 2.50. The van der Waals surface area contributed by atoms with Crippen molar-refractivity contribution < 1.29 is 21.9 Å². The van der Waals surface area contributed by atoms with Crippen molar-refractivity contribution >= 4 is 27.3 Å². The molecule has 124 valence electrons. The van der Waals surface area contributed by atoms with Crippen molar-refractivity contribution in [2.24, 2.45) is 0 Å². The van der Waals surface area contributed by atoms with E-state index in [1.807, 2.05) is 0 Å². The van der Waals surface area contributed by atoms with Crippen LogP contribution in [0.4, 0.5) is 14.5 Å². The molecule has 0 saturated heterocycles. The number of methoxy groups -OCH3 is 1. The first kappa shape index (κ1) is 17.5. The van der Waals surface area contributed by atoms with E-state index in [0.717, 1.165) is 16.4 Å². The van der Waals surface area contributed by atoms with Crippen molar-refractivity contribution in [3.05, 3.63) is 53.1 Å². The van der Waals surface area contributed by atoms with E-state index in [1.54, 1.807) is 6.92 Å². The van der Waals surface area contributed by atoms with Crippen LogP contribution < -0.4 is 9.04 Å². The summed E-state index contributed by atoms with van der Waals surface area (Å²) in [6.07, 6.45) is 0. The van der Waals surface area contributed by atoms with Crippen LogP contribution in [0.15, 0.2) is 41.3 Å². The number of anilines is 1. The predicted octanol–water partition coefficient (Wildman–Crippen LogP) is 3.84. The highest BCUT2D eigenvalue weighted by Gasteiger charge is 2.25. The summed E-state index contributed by atoms with van der Waals surface area (Å²) in [5, 5.41) is -0.197. The molecular weight excluding hydrogens is 348 g/mol. The van der Waals surface area contributed by atoms with Crippen molar-refractivity contribution in [2.75, 3.05) is 18.0 Å². The lowest BCUT2D eigenvalue weighted by atomic mass is 10.3. The monoisotopic (exact) mass is 361 g/mol. The second kappa shape index (κ2) is 6.72. The Morgan fingerprint density at radius 3 is 2.35 bits per heavy atom. The Hall–Kier alpha value is -1.86. The number of hydrogen-bond donors (Lipinski definition) is 0. The van der Waals surface area contributed by atoms with Gasteiger partial charge in [-0.15, -0.1) is 0 Å². The lowest BCUT2D eigenvalue weighted by Crippen LogP contribution is -2.30. The molecule has 0 aromatic heterocycles. The number of hydrogen-bond acceptors (Lipinski definition) is 3. The van der Waals surface area contributed by atoms with Crippen molar-refractivity contribution in [1.82, 2.24) is 0 Å². The van der Waals surface area contributed by atoms with Gasteiger partial charge in [0.25, 0.3) is 10.0 Å². The largest absolute Gasteiger partial charge is 0.494 e. The maximum absolute atomic E-state index is 13.8. The summed E-state index contributed by atoms with van der Waals surface area (Å²) < 4.78 is 58.2. The molecule has 0 heterocycles. The van der Waals surface area contributed by atoms with Crippen molar-refractivity contribution in [2.45, 2.75) is 11.8 Å². The zero-order valence-corrected chi connectivity index (χ0v) is 14.0. The minimum Gasteiger partial charge on any atom is -0.494 e. The van der Waals surface area contributed by atoms with Crippen LogP contribution >= 0.6 is 11.6 Å². The first-order valence-corrected chi connectivity index (χ1v) is 8.44. The maximum atomic E-state index is 13.8. The van der Waals surface area contributed by atoms with Crippen molar-refractivity contribution in [3.8, 4) is 5.75 Å². The van der Waals surface area contributed by atoms with Crippen LogP contribution in [0.3, 0.4) is 0 Å². The Morgan fingerprint density at radius 2 is 1.83 bits per heavy atom. The van der Waals surface area contributed by atoms with Crippen LogP contribution in [-0.4, -0.2) is 22.1 Å². The van der Waals surface area contributed by atoms with Gasteiger partial charge in [0.1, 0.15) is 5.82 Å². The molecule has 2 rings (SSSR count). The van der Waals surface area contributed by atoms with Crippen LogP contribution in [0.25, 0.3) is 0 Å². The van der Waals surface area contributed by atoms with Crippen LogP contribution in [0.1, 0.15) is 6.92 Å². The number of sulfonamides is 1. The SMILES string of the molecule is CCN(c1ccc(F)c(Cl)c1)S(=O)(=O)c1ccc(OC)c(F)c1. The molecule has 0 spiro atoms.